The van der Waals surface area contributed by atoms with Crippen LogP contribution in [-0.4, -0.2) is 47.3 Å². The van der Waals surface area contributed by atoms with Crippen molar-refractivity contribution in [1.82, 2.24) is 15.1 Å². The maximum absolute atomic E-state index is 13.3. The van der Waals surface area contributed by atoms with E-state index in [9.17, 15) is 18.8 Å². The number of carbonyl (C=O) groups is 3. The monoisotopic (exact) mass is 410 g/mol. The summed E-state index contributed by atoms with van der Waals surface area (Å²) in [5.74, 6) is -0.399. The first-order chi connectivity index (χ1) is 14.5. The van der Waals surface area contributed by atoms with E-state index in [0.717, 1.165) is 24.1 Å². The molecule has 2 aromatic carbocycles. The molecule has 2 N–H and O–H groups in total. The number of amides is 4. The van der Waals surface area contributed by atoms with Crippen molar-refractivity contribution in [3.63, 3.8) is 0 Å². The molecule has 0 saturated carbocycles. The Labute approximate surface area is 173 Å². The number of benzene rings is 2. The van der Waals surface area contributed by atoms with Gasteiger partial charge >= 0.3 is 6.03 Å². The zero-order chi connectivity index (χ0) is 21.1. The molecule has 0 radical (unpaired) electrons. The zero-order valence-electron chi connectivity index (χ0n) is 16.5. The van der Waals surface area contributed by atoms with E-state index < -0.39 is 0 Å². The normalized spacial score (nSPS) is 15.3. The molecule has 4 rings (SSSR count). The highest BCUT2D eigenvalue weighted by atomic mass is 19.1. The van der Waals surface area contributed by atoms with Crippen LogP contribution in [0.15, 0.2) is 42.5 Å². The van der Waals surface area contributed by atoms with Crippen LogP contribution in [0, 0.1) is 5.82 Å². The van der Waals surface area contributed by atoms with Crippen molar-refractivity contribution in [2.75, 3.05) is 25.0 Å². The summed E-state index contributed by atoms with van der Waals surface area (Å²) in [6.45, 7) is 2.46. The molecule has 0 aromatic heterocycles. The van der Waals surface area contributed by atoms with Crippen LogP contribution in [0.3, 0.4) is 0 Å². The molecular weight excluding hydrogens is 387 g/mol. The molecule has 30 heavy (non-hydrogen) atoms. The quantitative estimate of drug-likeness (QED) is 0.795. The highest BCUT2D eigenvalue weighted by Crippen LogP contribution is 2.24. The Balaban J connectivity index is 1.26. The van der Waals surface area contributed by atoms with Crippen LogP contribution in [0.1, 0.15) is 34.3 Å². The first-order valence-corrected chi connectivity index (χ1v) is 9.99. The summed E-state index contributed by atoms with van der Waals surface area (Å²) in [5, 5.41) is 5.61. The second kappa shape index (κ2) is 8.52. The molecule has 0 spiro atoms. The fourth-order valence-electron chi connectivity index (χ4n) is 3.76. The van der Waals surface area contributed by atoms with Gasteiger partial charge in [-0.25, -0.2) is 9.18 Å². The van der Waals surface area contributed by atoms with E-state index in [-0.39, 0.29) is 23.7 Å². The third kappa shape index (κ3) is 4.42. The van der Waals surface area contributed by atoms with Gasteiger partial charge in [-0.2, -0.15) is 0 Å². The molecule has 0 aliphatic carbocycles. The molecule has 0 atom stereocenters. The number of likely N-dealkylation sites (tertiary alicyclic amines) is 1. The number of urea groups is 1. The van der Waals surface area contributed by atoms with Gasteiger partial charge in [-0.15, -0.1) is 0 Å². The van der Waals surface area contributed by atoms with Gasteiger partial charge in [0.25, 0.3) is 5.91 Å². The minimum atomic E-state index is -0.308. The number of hydrogen-bond donors (Lipinski definition) is 2. The molecular formula is C22H23FN4O3. The molecule has 2 heterocycles. The standard InChI is InChI=1S/C22H23FN4O3/c23-18-6-3-16-13-27(14-17(16)12-18)22(30)25-19-7-4-15(5-8-19)21(29)24-9-11-26-10-1-2-20(26)28/h3-8,12H,1-2,9-11,13-14H2,(H,24,29)(H,25,30). The van der Waals surface area contributed by atoms with Crippen LogP contribution in [0.25, 0.3) is 0 Å². The van der Waals surface area contributed by atoms with Crippen molar-refractivity contribution in [3.8, 4) is 0 Å². The fraction of sp³-hybridized carbons (Fsp3) is 0.318. The Morgan fingerprint density at radius 3 is 2.53 bits per heavy atom. The predicted molar refractivity (Wildman–Crippen MR) is 109 cm³/mol. The molecule has 0 unspecified atom stereocenters. The summed E-state index contributed by atoms with van der Waals surface area (Å²) in [6.07, 6.45) is 1.46. The van der Waals surface area contributed by atoms with Gasteiger partial charge < -0.3 is 20.4 Å². The average molecular weight is 410 g/mol. The van der Waals surface area contributed by atoms with Crippen molar-refractivity contribution in [3.05, 3.63) is 65.0 Å². The maximum Gasteiger partial charge on any atom is 0.322 e. The Hall–Kier alpha value is -3.42. The van der Waals surface area contributed by atoms with Crippen LogP contribution in [0.5, 0.6) is 0 Å². The number of nitrogens with zero attached hydrogens (tertiary/aromatic N) is 2. The van der Waals surface area contributed by atoms with Gasteiger partial charge in [0.1, 0.15) is 5.82 Å². The van der Waals surface area contributed by atoms with Crippen LogP contribution < -0.4 is 10.6 Å². The molecule has 2 aliphatic heterocycles. The second-order valence-electron chi connectivity index (χ2n) is 7.52. The first kappa shape index (κ1) is 19.9. The van der Waals surface area contributed by atoms with Gasteiger partial charge in [0, 0.05) is 50.4 Å². The Morgan fingerprint density at radius 2 is 1.80 bits per heavy atom. The largest absolute Gasteiger partial charge is 0.350 e. The number of halogens is 1. The lowest BCUT2D eigenvalue weighted by molar-refractivity contribution is -0.127. The van der Waals surface area contributed by atoms with Gasteiger partial charge in [-0.1, -0.05) is 6.07 Å². The molecule has 7 nitrogen and oxygen atoms in total. The lowest BCUT2D eigenvalue weighted by Crippen LogP contribution is -2.35. The summed E-state index contributed by atoms with van der Waals surface area (Å²) in [4.78, 5) is 39.7. The van der Waals surface area contributed by atoms with E-state index in [4.69, 9.17) is 0 Å². The molecule has 4 amide bonds. The minimum Gasteiger partial charge on any atom is -0.350 e. The van der Waals surface area contributed by atoms with Crippen LogP contribution in [0.2, 0.25) is 0 Å². The van der Waals surface area contributed by atoms with Crippen molar-refractivity contribution < 1.29 is 18.8 Å². The van der Waals surface area contributed by atoms with Gasteiger partial charge in [-0.05, 0) is 53.9 Å². The maximum atomic E-state index is 13.3. The molecule has 2 aromatic rings. The number of rotatable bonds is 5. The Kier molecular flexibility index (Phi) is 5.65. The van der Waals surface area contributed by atoms with Gasteiger partial charge in [0.05, 0.1) is 0 Å². The molecule has 8 heteroatoms. The Bertz CT molecular complexity index is 977. The molecule has 156 valence electrons. The second-order valence-corrected chi connectivity index (χ2v) is 7.52. The third-order valence-corrected chi connectivity index (χ3v) is 5.41. The highest BCUT2D eigenvalue weighted by Gasteiger charge is 2.24. The van der Waals surface area contributed by atoms with Crippen molar-refractivity contribution >= 4 is 23.5 Å². The smallest absolute Gasteiger partial charge is 0.322 e. The summed E-state index contributed by atoms with van der Waals surface area (Å²) >= 11 is 0. The topological polar surface area (TPSA) is 81.8 Å². The van der Waals surface area contributed by atoms with E-state index in [0.29, 0.717) is 43.9 Å². The van der Waals surface area contributed by atoms with E-state index in [2.05, 4.69) is 10.6 Å². The van der Waals surface area contributed by atoms with E-state index in [1.807, 2.05) is 0 Å². The number of fused-ring (bicyclic) bond motifs is 1. The molecule has 1 saturated heterocycles. The average Bonchev–Trinajstić information content (AvgIpc) is 3.34. The predicted octanol–water partition coefficient (Wildman–Crippen LogP) is 2.73. The lowest BCUT2D eigenvalue weighted by Gasteiger charge is -2.17. The van der Waals surface area contributed by atoms with Crippen molar-refractivity contribution in [1.29, 1.82) is 0 Å². The van der Waals surface area contributed by atoms with E-state index in [1.54, 1.807) is 40.1 Å². The number of nitrogens with one attached hydrogen (secondary N) is 2. The Morgan fingerprint density at radius 1 is 1.03 bits per heavy atom. The van der Waals surface area contributed by atoms with Crippen LogP contribution in [-0.2, 0) is 17.9 Å². The SMILES string of the molecule is O=C(NCCN1CCCC1=O)c1ccc(NC(=O)N2Cc3ccc(F)cc3C2)cc1. The summed E-state index contributed by atoms with van der Waals surface area (Å²) < 4.78 is 13.3. The molecule has 0 bridgehead atoms. The van der Waals surface area contributed by atoms with Crippen LogP contribution in [0.4, 0.5) is 14.9 Å². The van der Waals surface area contributed by atoms with Gasteiger partial charge in [0.15, 0.2) is 0 Å². The fourth-order valence-corrected chi connectivity index (χ4v) is 3.76. The lowest BCUT2D eigenvalue weighted by atomic mass is 10.1. The summed E-state index contributed by atoms with van der Waals surface area (Å²) in [7, 11) is 0. The zero-order valence-corrected chi connectivity index (χ0v) is 16.5. The highest BCUT2D eigenvalue weighted by molar-refractivity contribution is 5.95. The first-order valence-electron chi connectivity index (χ1n) is 9.99. The van der Waals surface area contributed by atoms with Gasteiger partial charge in [0.2, 0.25) is 5.91 Å². The summed E-state index contributed by atoms with van der Waals surface area (Å²) in [6, 6.07) is 10.9. The molecule has 2 aliphatic rings. The minimum absolute atomic E-state index is 0.135. The van der Waals surface area contributed by atoms with E-state index in [1.165, 1.54) is 12.1 Å². The van der Waals surface area contributed by atoms with Crippen LogP contribution >= 0.6 is 0 Å². The van der Waals surface area contributed by atoms with Gasteiger partial charge in [-0.3, -0.25) is 9.59 Å². The number of carbonyl (C=O) groups excluding carboxylic acids is 3. The van der Waals surface area contributed by atoms with Crippen molar-refractivity contribution in [2.24, 2.45) is 0 Å². The number of anilines is 1. The third-order valence-electron chi connectivity index (χ3n) is 5.41. The number of hydrogen-bond acceptors (Lipinski definition) is 3. The molecule has 1 fully saturated rings. The van der Waals surface area contributed by atoms with Crippen molar-refractivity contribution in [2.45, 2.75) is 25.9 Å². The van der Waals surface area contributed by atoms with E-state index >= 15 is 0 Å². The summed E-state index contributed by atoms with van der Waals surface area (Å²) in [5.41, 5.74) is 2.80.